The van der Waals surface area contributed by atoms with Crippen LogP contribution in [0.25, 0.3) is 0 Å². The van der Waals surface area contributed by atoms with Crippen molar-refractivity contribution in [3.8, 4) is 0 Å². The van der Waals surface area contributed by atoms with Crippen LogP contribution < -0.4 is 0 Å². The van der Waals surface area contributed by atoms with E-state index in [1.165, 1.54) is 0 Å². The zero-order chi connectivity index (χ0) is 9.26. The zero-order valence-corrected chi connectivity index (χ0v) is 7.26. The summed E-state index contributed by atoms with van der Waals surface area (Å²) in [6.45, 7) is 0. The second-order valence-electron chi connectivity index (χ2n) is 3.45. The lowest BCUT2D eigenvalue weighted by Crippen LogP contribution is -2.20. The lowest BCUT2D eigenvalue weighted by Gasteiger charge is -2.16. The maximum absolute atomic E-state index is 10.9. The molecular weight excluding hydrogens is 168 g/mol. The van der Waals surface area contributed by atoms with E-state index in [4.69, 9.17) is 5.11 Å². The topological polar surface area (TPSA) is 55.1 Å². The number of aromatic nitrogens is 2. The van der Waals surface area contributed by atoms with Gasteiger partial charge in [-0.25, -0.2) is 4.98 Å². The van der Waals surface area contributed by atoms with E-state index in [0.29, 0.717) is 0 Å². The summed E-state index contributed by atoms with van der Waals surface area (Å²) in [6.07, 6.45) is 7.97. The van der Waals surface area contributed by atoms with Crippen molar-refractivity contribution in [2.24, 2.45) is 5.92 Å². The van der Waals surface area contributed by atoms with Gasteiger partial charge in [0.2, 0.25) is 0 Å². The van der Waals surface area contributed by atoms with Crippen molar-refractivity contribution in [3.05, 3.63) is 18.7 Å². The summed E-state index contributed by atoms with van der Waals surface area (Å²) in [4.78, 5) is 14.8. The molecule has 1 fully saturated rings. The van der Waals surface area contributed by atoms with Gasteiger partial charge in [0.15, 0.2) is 0 Å². The number of hydrogen-bond acceptors (Lipinski definition) is 2. The molecule has 1 aliphatic rings. The van der Waals surface area contributed by atoms with Gasteiger partial charge in [-0.05, 0) is 12.8 Å². The van der Waals surface area contributed by atoms with Crippen LogP contribution in [-0.4, -0.2) is 20.6 Å². The van der Waals surface area contributed by atoms with E-state index >= 15 is 0 Å². The smallest absolute Gasteiger partial charge is 0.308 e. The summed E-state index contributed by atoms with van der Waals surface area (Å²) in [5.74, 6) is -0.912. The van der Waals surface area contributed by atoms with E-state index in [9.17, 15) is 4.79 Å². The third kappa shape index (κ3) is 1.43. The molecule has 1 aromatic rings. The van der Waals surface area contributed by atoms with Crippen LogP contribution in [0.2, 0.25) is 0 Å². The van der Waals surface area contributed by atoms with Crippen molar-refractivity contribution in [2.75, 3.05) is 0 Å². The van der Waals surface area contributed by atoms with Gasteiger partial charge in [-0.1, -0.05) is 6.42 Å². The largest absolute Gasteiger partial charge is 0.481 e. The summed E-state index contributed by atoms with van der Waals surface area (Å²) >= 11 is 0. The van der Waals surface area contributed by atoms with Crippen LogP contribution in [0.15, 0.2) is 18.7 Å². The van der Waals surface area contributed by atoms with Gasteiger partial charge in [-0.3, -0.25) is 4.79 Å². The SMILES string of the molecule is O=C(O)C1CCCC1n1ccnc1. The molecule has 2 unspecified atom stereocenters. The molecule has 2 atom stereocenters. The predicted octanol–water partition coefficient (Wildman–Crippen LogP) is 1.31. The first kappa shape index (κ1) is 8.29. The fourth-order valence-electron chi connectivity index (χ4n) is 2.05. The zero-order valence-electron chi connectivity index (χ0n) is 7.26. The summed E-state index contributed by atoms with van der Waals surface area (Å²) in [7, 11) is 0. The number of hydrogen-bond donors (Lipinski definition) is 1. The Bertz CT molecular complexity index is 295. The van der Waals surface area contributed by atoms with Crippen LogP contribution in [0.3, 0.4) is 0 Å². The van der Waals surface area contributed by atoms with Gasteiger partial charge in [0.1, 0.15) is 0 Å². The molecule has 0 saturated heterocycles. The minimum atomic E-state index is -0.684. The Morgan fingerprint density at radius 1 is 1.54 bits per heavy atom. The van der Waals surface area contributed by atoms with Gasteiger partial charge in [0, 0.05) is 18.4 Å². The second kappa shape index (κ2) is 3.20. The van der Waals surface area contributed by atoms with Crippen LogP contribution >= 0.6 is 0 Å². The molecule has 1 N–H and O–H groups in total. The molecular formula is C9H12N2O2. The molecule has 1 aliphatic carbocycles. The number of aliphatic carboxylic acids is 1. The first-order valence-corrected chi connectivity index (χ1v) is 4.49. The Labute approximate surface area is 76.2 Å². The van der Waals surface area contributed by atoms with Crippen molar-refractivity contribution in [1.82, 2.24) is 9.55 Å². The van der Waals surface area contributed by atoms with E-state index in [0.717, 1.165) is 19.3 Å². The van der Waals surface area contributed by atoms with Gasteiger partial charge in [-0.15, -0.1) is 0 Å². The van der Waals surface area contributed by atoms with Crippen molar-refractivity contribution in [3.63, 3.8) is 0 Å². The Kier molecular flexibility index (Phi) is 2.04. The number of carboxylic acids is 1. The summed E-state index contributed by atoms with van der Waals surface area (Å²) in [5.41, 5.74) is 0. The normalized spacial score (nSPS) is 27.7. The Balaban J connectivity index is 2.19. The second-order valence-corrected chi connectivity index (χ2v) is 3.45. The molecule has 0 spiro atoms. The highest BCUT2D eigenvalue weighted by molar-refractivity contribution is 5.71. The summed E-state index contributed by atoms with van der Waals surface area (Å²) in [5, 5.41) is 8.95. The fourth-order valence-corrected chi connectivity index (χ4v) is 2.05. The minimum Gasteiger partial charge on any atom is -0.481 e. The van der Waals surface area contributed by atoms with Gasteiger partial charge in [0.25, 0.3) is 0 Å². The minimum absolute atomic E-state index is 0.111. The maximum atomic E-state index is 10.9. The number of carbonyl (C=O) groups is 1. The molecule has 0 aliphatic heterocycles. The van der Waals surface area contributed by atoms with Gasteiger partial charge >= 0.3 is 5.97 Å². The molecule has 70 valence electrons. The van der Waals surface area contributed by atoms with Crippen LogP contribution in [0, 0.1) is 5.92 Å². The highest BCUT2D eigenvalue weighted by Gasteiger charge is 2.33. The Morgan fingerprint density at radius 2 is 2.38 bits per heavy atom. The third-order valence-electron chi connectivity index (χ3n) is 2.70. The predicted molar refractivity (Wildman–Crippen MR) is 46.2 cm³/mol. The monoisotopic (exact) mass is 180 g/mol. The average molecular weight is 180 g/mol. The molecule has 1 heterocycles. The lowest BCUT2D eigenvalue weighted by molar-refractivity contribution is -0.142. The quantitative estimate of drug-likeness (QED) is 0.746. The van der Waals surface area contributed by atoms with Gasteiger partial charge in [0.05, 0.1) is 12.2 Å². The van der Waals surface area contributed by atoms with Crippen LogP contribution in [-0.2, 0) is 4.79 Å². The first-order valence-electron chi connectivity index (χ1n) is 4.49. The van der Waals surface area contributed by atoms with Crippen molar-refractivity contribution in [2.45, 2.75) is 25.3 Å². The molecule has 4 nitrogen and oxygen atoms in total. The average Bonchev–Trinajstić information content (AvgIpc) is 2.74. The molecule has 1 saturated carbocycles. The maximum Gasteiger partial charge on any atom is 0.308 e. The molecule has 0 aromatic carbocycles. The lowest BCUT2D eigenvalue weighted by atomic mass is 10.0. The summed E-state index contributed by atoms with van der Waals surface area (Å²) < 4.78 is 1.91. The van der Waals surface area contributed by atoms with E-state index in [1.807, 2.05) is 10.8 Å². The van der Waals surface area contributed by atoms with Crippen LogP contribution in [0.1, 0.15) is 25.3 Å². The first-order chi connectivity index (χ1) is 6.29. The third-order valence-corrected chi connectivity index (χ3v) is 2.70. The van der Waals surface area contributed by atoms with E-state index in [2.05, 4.69) is 4.98 Å². The van der Waals surface area contributed by atoms with Gasteiger partial charge < -0.3 is 9.67 Å². The number of carboxylic acid groups (broad SMARTS) is 1. The number of rotatable bonds is 2. The molecule has 2 rings (SSSR count). The highest BCUT2D eigenvalue weighted by atomic mass is 16.4. The van der Waals surface area contributed by atoms with Crippen LogP contribution in [0.4, 0.5) is 0 Å². The number of nitrogens with zero attached hydrogens (tertiary/aromatic N) is 2. The molecule has 13 heavy (non-hydrogen) atoms. The highest BCUT2D eigenvalue weighted by Crippen LogP contribution is 2.35. The van der Waals surface area contributed by atoms with Crippen molar-refractivity contribution < 1.29 is 9.90 Å². The number of imidazole rings is 1. The fraction of sp³-hybridized carbons (Fsp3) is 0.556. The molecule has 0 amide bonds. The van der Waals surface area contributed by atoms with E-state index in [1.54, 1.807) is 12.5 Å². The van der Waals surface area contributed by atoms with Crippen LogP contribution in [0.5, 0.6) is 0 Å². The Hall–Kier alpha value is -1.32. The standard InChI is InChI=1S/C9H12N2O2/c12-9(13)7-2-1-3-8(7)11-5-4-10-6-11/h4-8H,1-3H2,(H,12,13). The van der Waals surface area contributed by atoms with E-state index < -0.39 is 5.97 Å². The summed E-state index contributed by atoms with van der Waals surface area (Å²) in [6, 6.07) is 0.111. The van der Waals surface area contributed by atoms with Gasteiger partial charge in [-0.2, -0.15) is 0 Å². The molecule has 0 radical (unpaired) electrons. The van der Waals surface area contributed by atoms with E-state index in [-0.39, 0.29) is 12.0 Å². The molecule has 0 bridgehead atoms. The Morgan fingerprint density at radius 3 is 3.00 bits per heavy atom. The van der Waals surface area contributed by atoms with Crippen molar-refractivity contribution >= 4 is 5.97 Å². The van der Waals surface area contributed by atoms with Crippen molar-refractivity contribution in [1.29, 1.82) is 0 Å². The molecule has 4 heteroatoms. The molecule has 1 aromatic heterocycles.